The van der Waals surface area contributed by atoms with Gasteiger partial charge in [-0.3, -0.25) is 9.59 Å². The molecule has 0 unspecified atom stereocenters. The zero-order valence-corrected chi connectivity index (χ0v) is 13.2. The number of esters is 1. The number of methoxy groups -OCH3 is 1. The zero-order valence-electron chi connectivity index (χ0n) is 13.2. The summed E-state index contributed by atoms with van der Waals surface area (Å²) in [6, 6.07) is 1.51. The van der Waals surface area contributed by atoms with Crippen LogP contribution in [-0.4, -0.2) is 30.2 Å². The maximum absolute atomic E-state index is 12.4. The van der Waals surface area contributed by atoms with Crippen LogP contribution in [0.4, 0.5) is 0 Å². The summed E-state index contributed by atoms with van der Waals surface area (Å²) in [4.78, 5) is 24.4. The Morgan fingerprint density at radius 2 is 2.09 bits per heavy atom. The van der Waals surface area contributed by atoms with Gasteiger partial charge in [0.05, 0.1) is 13.0 Å². The molecule has 0 saturated heterocycles. The summed E-state index contributed by atoms with van der Waals surface area (Å²) in [5.74, 6) is 0.814. The van der Waals surface area contributed by atoms with E-state index in [1.807, 2.05) is 13.8 Å². The lowest BCUT2D eigenvalue weighted by molar-refractivity contribution is -0.148. The second-order valence-corrected chi connectivity index (χ2v) is 6.65. The summed E-state index contributed by atoms with van der Waals surface area (Å²) in [7, 11) is 1.40. The molecule has 0 aliphatic heterocycles. The molecule has 2 aliphatic carbocycles. The molecule has 2 fully saturated rings. The Bertz CT molecular complexity index is 580. The largest absolute Gasteiger partial charge is 0.469 e. The van der Waals surface area contributed by atoms with Gasteiger partial charge in [0.15, 0.2) is 5.69 Å². The van der Waals surface area contributed by atoms with Crippen molar-refractivity contribution < 1.29 is 18.8 Å². The summed E-state index contributed by atoms with van der Waals surface area (Å²) in [5.41, 5.74) is 0.273. The number of hydrogen-bond donors (Lipinski definition) is 1. The fourth-order valence-electron chi connectivity index (χ4n) is 3.87. The highest BCUT2D eigenvalue weighted by Gasteiger charge is 2.52. The first-order valence-corrected chi connectivity index (χ1v) is 7.86. The first-order chi connectivity index (χ1) is 10.5. The lowest BCUT2D eigenvalue weighted by atomic mass is 9.84. The Labute approximate surface area is 129 Å². The van der Waals surface area contributed by atoms with Crippen LogP contribution in [0.1, 0.15) is 55.3 Å². The predicted octanol–water partition coefficient (Wildman–Crippen LogP) is 2.12. The Morgan fingerprint density at radius 3 is 2.73 bits per heavy atom. The van der Waals surface area contributed by atoms with E-state index in [9.17, 15) is 9.59 Å². The van der Waals surface area contributed by atoms with Crippen LogP contribution in [0.5, 0.6) is 0 Å². The predicted molar refractivity (Wildman–Crippen MR) is 78.2 cm³/mol. The molecule has 0 aromatic carbocycles. The van der Waals surface area contributed by atoms with Gasteiger partial charge in [-0.15, -0.1) is 0 Å². The van der Waals surface area contributed by atoms with Gasteiger partial charge in [0.25, 0.3) is 5.91 Å². The molecule has 0 radical (unpaired) electrons. The highest BCUT2D eigenvalue weighted by Crippen LogP contribution is 2.49. The molecular formula is C16H22N2O4. The van der Waals surface area contributed by atoms with Gasteiger partial charge >= 0.3 is 5.97 Å². The molecule has 0 spiro atoms. The number of nitrogens with zero attached hydrogens (tertiary/aromatic N) is 1. The summed E-state index contributed by atoms with van der Waals surface area (Å²) >= 11 is 0. The van der Waals surface area contributed by atoms with Crippen LogP contribution in [-0.2, 0) is 9.53 Å². The molecule has 2 saturated carbocycles. The lowest BCUT2D eigenvalue weighted by Crippen LogP contribution is -2.47. The van der Waals surface area contributed by atoms with Gasteiger partial charge in [-0.05, 0) is 31.1 Å². The number of amides is 1. The van der Waals surface area contributed by atoms with Gasteiger partial charge in [-0.1, -0.05) is 19.0 Å². The van der Waals surface area contributed by atoms with Gasteiger partial charge in [-0.2, -0.15) is 0 Å². The van der Waals surface area contributed by atoms with Crippen LogP contribution >= 0.6 is 0 Å². The third-order valence-electron chi connectivity index (χ3n) is 5.02. The molecule has 6 nitrogen and oxygen atoms in total. The molecule has 1 heterocycles. The van der Waals surface area contributed by atoms with E-state index in [1.54, 1.807) is 6.07 Å². The molecule has 4 atom stereocenters. The van der Waals surface area contributed by atoms with Gasteiger partial charge in [0.1, 0.15) is 5.76 Å². The van der Waals surface area contributed by atoms with E-state index in [2.05, 4.69) is 10.5 Å². The zero-order chi connectivity index (χ0) is 15.9. The van der Waals surface area contributed by atoms with Gasteiger partial charge in [0, 0.05) is 18.0 Å². The van der Waals surface area contributed by atoms with Crippen LogP contribution in [0, 0.1) is 17.8 Å². The van der Waals surface area contributed by atoms with Gasteiger partial charge in [0.2, 0.25) is 0 Å². The number of rotatable bonds is 4. The van der Waals surface area contributed by atoms with Crippen molar-refractivity contribution in [2.45, 2.75) is 45.1 Å². The molecule has 2 aliphatic rings. The number of ether oxygens (including phenoxy) is 1. The monoisotopic (exact) mass is 306 g/mol. The molecule has 1 aromatic rings. The lowest BCUT2D eigenvalue weighted by Gasteiger charge is -2.29. The Hall–Kier alpha value is -1.85. The molecule has 6 heteroatoms. The third kappa shape index (κ3) is 2.51. The van der Waals surface area contributed by atoms with E-state index in [-0.39, 0.29) is 35.4 Å². The molecule has 3 rings (SSSR count). The number of carbonyl (C=O) groups is 2. The van der Waals surface area contributed by atoms with E-state index in [0.29, 0.717) is 17.6 Å². The Morgan fingerprint density at radius 1 is 1.36 bits per heavy atom. The van der Waals surface area contributed by atoms with Crippen molar-refractivity contribution in [3.63, 3.8) is 0 Å². The van der Waals surface area contributed by atoms with E-state index in [0.717, 1.165) is 19.3 Å². The third-order valence-corrected chi connectivity index (χ3v) is 5.02. The first kappa shape index (κ1) is 15.1. The van der Waals surface area contributed by atoms with Crippen molar-refractivity contribution >= 4 is 11.9 Å². The maximum Gasteiger partial charge on any atom is 0.311 e. The van der Waals surface area contributed by atoms with Crippen molar-refractivity contribution in [3.05, 3.63) is 17.5 Å². The SMILES string of the molecule is COC(=O)[C@H]1[C@H]2CC[C@@H](C2)[C@H]1NC(=O)c1cc(C(C)C)on1. The quantitative estimate of drug-likeness (QED) is 0.862. The van der Waals surface area contributed by atoms with Crippen LogP contribution in [0.3, 0.4) is 0 Å². The van der Waals surface area contributed by atoms with E-state index in [4.69, 9.17) is 9.26 Å². The summed E-state index contributed by atoms with van der Waals surface area (Å²) in [6.07, 6.45) is 3.08. The van der Waals surface area contributed by atoms with E-state index < -0.39 is 0 Å². The minimum absolute atomic E-state index is 0.155. The number of fused-ring (bicyclic) bond motifs is 2. The van der Waals surface area contributed by atoms with Gasteiger partial charge < -0.3 is 14.6 Å². The highest BCUT2D eigenvalue weighted by molar-refractivity contribution is 5.93. The first-order valence-electron chi connectivity index (χ1n) is 7.86. The minimum atomic E-state index is -0.276. The van der Waals surface area contributed by atoms with Crippen LogP contribution < -0.4 is 5.32 Å². The highest BCUT2D eigenvalue weighted by atomic mass is 16.5. The molecule has 1 N–H and O–H groups in total. The second kappa shape index (κ2) is 5.74. The molecular weight excluding hydrogens is 284 g/mol. The number of nitrogens with one attached hydrogen (secondary N) is 1. The average Bonchev–Trinajstić information content (AvgIpc) is 3.21. The molecule has 120 valence electrons. The fraction of sp³-hybridized carbons (Fsp3) is 0.688. The summed E-state index contributed by atoms with van der Waals surface area (Å²) < 4.78 is 10.1. The minimum Gasteiger partial charge on any atom is -0.469 e. The van der Waals surface area contributed by atoms with Crippen LogP contribution in [0.25, 0.3) is 0 Å². The fourth-order valence-corrected chi connectivity index (χ4v) is 3.87. The van der Waals surface area contributed by atoms with E-state index >= 15 is 0 Å². The Balaban J connectivity index is 1.73. The number of aromatic nitrogens is 1. The van der Waals surface area contributed by atoms with Crippen molar-refractivity contribution in [2.75, 3.05) is 7.11 Å². The topological polar surface area (TPSA) is 81.4 Å². The van der Waals surface area contributed by atoms with Crippen molar-refractivity contribution in [3.8, 4) is 0 Å². The second-order valence-electron chi connectivity index (χ2n) is 6.65. The molecule has 1 amide bonds. The smallest absolute Gasteiger partial charge is 0.311 e. The van der Waals surface area contributed by atoms with Crippen molar-refractivity contribution in [1.82, 2.24) is 10.5 Å². The average molecular weight is 306 g/mol. The van der Waals surface area contributed by atoms with Gasteiger partial charge in [-0.25, -0.2) is 0 Å². The Kier molecular flexibility index (Phi) is 3.93. The molecule has 22 heavy (non-hydrogen) atoms. The summed E-state index contributed by atoms with van der Waals surface area (Å²) in [5, 5.41) is 6.81. The number of hydrogen-bond acceptors (Lipinski definition) is 5. The summed E-state index contributed by atoms with van der Waals surface area (Å²) in [6.45, 7) is 3.96. The molecule has 1 aromatic heterocycles. The maximum atomic E-state index is 12.4. The van der Waals surface area contributed by atoms with Crippen LogP contribution in [0.15, 0.2) is 10.6 Å². The van der Waals surface area contributed by atoms with Crippen LogP contribution in [0.2, 0.25) is 0 Å². The standard InChI is InChI=1S/C16H22N2O4/c1-8(2)12-7-11(18-22-12)15(19)17-14-10-5-4-9(6-10)13(14)16(20)21-3/h7-10,13-14H,4-6H2,1-3H3,(H,17,19)/t9-,10-,13-,14+/m0/s1. The molecule has 2 bridgehead atoms. The van der Waals surface area contributed by atoms with E-state index in [1.165, 1.54) is 7.11 Å². The van der Waals surface area contributed by atoms with Crippen molar-refractivity contribution in [2.24, 2.45) is 17.8 Å². The van der Waals surface area contributed by atoms with Crippen molar-refractivity contribution in [1.29, 1.82) is 0 Å². The number of carbonyl (C=O) groups excluding carboxylic acids is 2. The normalized spacial score (nSPS) is 29.8.